The van der Waals surface area contributed by atoms with Gasteiger partial charge in [0.2, 0.25) is 12.7 Å². The van der Waals surface area contributed by atoms with Crippen LogP contribution in [0.15, 0.2) is 48.7 Å². The van der Waals surface area contributed by atoms with E-state index in [4.69, 9.17) is 14.2 Å². The summed E-state index contributed by atoms with van der Waals surface area (Å²) in [5.74, 6) is -0.00814. The van der Waals surface area contributed by atoms with E-state index in [-0.39, 0.29) is 31.5 Å². The summed E-state index contributed by atoms with van der Waals surface area (Å²) in [7, 11) is 0. The van der Waals surface area contributed by atoms with Crippen LogP contribution in [0.1, 0.15) is 40.9 Å². The summed E-state index contributed by atoms with van der Waals surface area (Å²) in [5, 5.41) is 0. The third kappa shape index (κ3) is 3.85. The molecule has 2 aromatic carbocycles. The molecule has 2 aromatic rings. The number of fused-ring (bicyclic) bond motifs is 2. The van der Waals surface area contributed by atoms with E-state index in [1.165, 1.54) is 11.8 Å². The van der Waals surface area contributed by atoms with Gasteiger partial charge in [0.05, 0.1) is 12.5 Å². The smallest absolute Gasteiger partial charge is 0.308 e. The Morgan fingerprint density at radius 1 is 1.10 bits per heavy atom. The monoisotopic (exact) mass is 393 g/mol. The van der Waals surface area contributed by atoms with Gasteiger partial charge in [-0.15, -0.1) is 0 Å². The molecule has 0 fully saturated rings. The molecule has 1 amide bonds. The van der Waals surface area contributed by atoms with E-state index < -0.39 is 12.0 Å². The van der Waals surface area contributed by atoms with Crippen LogP contribution in [-0.2, 0) is 14.3 Å². The molecule has 4 rings (SSSR count). The third-order valence-electron chi connectivity index (χ3n) is 4.89. The molecule has 1 atom stereocenters. The zero-order valence-corrected chi connectivity index (χ0v) is 15.8. The van der Waals surface area contributed by atoms with Gasteiger partial charge in [-0.3, -0.25) is 14.4 Å². The van der Waals surface area contributed by atoms with Crippen molar-refractivity contribution < 1.29 is 28.6 Å². The van der Waals surface area contributed by atoms with Crippen molar-refractivity contribution in [2.24, 2.45) is 0 Å². The largest absolute Gasteiger partial charge is 0.457 e. The van der Waals surface area contributed by atoms with Crippen molar-refractivity contribution in [3.63, 3.8) is 0 Å². The second kappa shape index (κ2) is 7.79. The van der Waals surface area contributed by atoms with Gasteiger partial charge in [0.15, 0.2) is 23.9 Å². The molecule has 0 radical (unpaired) electrons. The summed E-state index contributed by atoms with van der Waals surface area (Å²) in [6.07, 6.45) is 3.46. The molecular weight excluding hydrogens is 374 g/mol. The van der Waals surface area contributed by atoms with Crippen LogP contribution in [0.5, 0.6) is 11.5 Å². The number of Topliss-reactive ketones (excluding diaryl/α,β-unsaturated/α-hetero) is 1. The fraction of sp³-hybridized carbons (Fsp3) is 0.227. The van der Waals surface area contributed by atoms with Gasteiger partial charge in [-0.2, -0.15) is 0 Å². The van der Waals surface area contributed by atoms with Gasteiger partial charge >= 0.3 is 5.97 Å². The number of benzene rings is 2. The molecule has 7 nitrogen and oxygen atoms in total. The zero-order valence-electron chi connectivity index (χ0n) is 15.8. The van der Waals surface area contributed by atoms with Gasteiger partial charge < -0.3 is 19.1 Å². The number of carbonyl (C=O) groups is 3. The number of ketones is 1. The highest BCUT2D eigenvalue weighted by atomic mass is 16.7. The van der Waals surface area contributed by atoms with E-state index in [0.717, 1.165) is 11.1 Å². The van der Waals surface area contributed by atoms with Crippen LogP contribution in [0, 0.1) is 0 Å². The Labute approximate surface area is 167 Å². The molecular formula is C22H19NO6. The van der Waals surface area contributed by atoms with Crippen molar-refractivity contribution in [2.45, 2.75) is 19.4 Å². The molecule has 0 aliphatic carbocycles. The number of amides is 1. The first kappa shape index (κ1) is 18.7. The lowest BCUT2D eigenvalue weighted by Crippen LogP contribution is -2.32. The second-order valence-corrected chi connectivity index (χ2v) is 6.74. The SMILES string of the molecule is CC(=O)N1C=Cc2ccccc2[C@@H]1CC(=O)OCC(=O)c1ccc2c(c1)OCO2. The molecule has 0 saturated carbocycles. The maximum absolute atomic E-state index is 12.4. The number of esters is 1. The quantitative estimate of drug-likeness (QED) is 0.574. The first-order valence-electron chi connectivity index (χ1n) is 9.17. The lowest BCUT2D eigenvalue weighted by atomic mass is 9.94. The normalized spacial score (nSPS) is 16.3. The Hall–Kier alpha value is -3.61. The fourth-order valence-corrected chi connectivity index (χ4v) is 3.43. The summed E-state index contributed by atoms with van der Waals surface area (Å²) < 4.78 is 15.7. The van der Waals surface area contributed by atoms with Crippen LogP contribution in [0.3, 0.4) is 0 Å². The minimum Gasteiger partial charge on any atom is -0.457 e. The predicted octanol–water partition coefficient (Wildman–Crippen LogP) is 3.11. The van der Waals surface area contributed by atoms with E-state index in [0.29, 0.717) is 17.1 Å². The molecule has 0 unspecified atom stereocenters. The summed E-state index contributed by atoms with van der Waals surface area (Å²) >= 11 is 0. The van der Waals surface area contributed by atoms with Crippen molar-refractivity contribution in [1.29, 1.82) is 0 Å². The van der Waals surface area contributed by atoms with Crippen molar-refractivity contribution in [3.05, 3.63) is 65.4 Å². The van der Waals surface area contributed by atoms with E-state index in [9.17, 15) is 14.4 Å². The molecule has 148 valence electrons. The predicted molar refractivity (Wildman–Crippen MR) is 103 cm³/mol. The minimum absolute atomic E-state index is 0.0463. The number of carbonyl (C=O) groups excluding carboxylic acids is 3. The van der Waals surface area contributed by atoms with Crippen LogP contribution in [0.4, 0.5) is 0 Å². The average Bonchev–Trinajstić information content (AvgIpc) is 3.20. The molecule has 7 heteroatoms. The molecule has 2 aliphatic rings. The standard InChI is InChI=1S/C22H19NO6/c1-14(24)23-9-8-15-4-2-3-5-17(15)18(23)11-22(26)27-12-19(25)16-6-7-20-21(10-16)29-13-28-20/h2-10,18H,11-13H2,1H3/t18-/m0/s1. The van der Waals surface area contributed by atoms with Crippen LogP contribution in [-0.4, -0.2) is 36.0 Å². The third-order valence-corrected chi connectivity index (χ3v) is 4.89. The molecule has 0 N–H and O–H groups in total. The van der Waals surface area contributed by atoms with E-state index >= 15 is 0 Å². The Morgan fingerprint density at radius 3 is 2.72 bits per heavy atom. The maximum Gasteiger partial charge on any atom is 0.308 e. The second-order valence-electron chi connectivity index (χ2n) is 6.74. The fourth-order valence-electron chi connectivity index (χ4n) is 3.43. The summed E-state index contributed by atoms with van der Waals surface area (Å²) in [6.45, 7) is 1.18. The van der Waals surface area contributed by atoms with Gasteiger partial charge in [0.25, 0.3) is 0 Å². The van der Waals surface area contributed by atoms with Crippen LogP contribution in [0.2, 0.25) is 0 Å². The highest BCUT2D eigenvalue weighted by Crippen LogP contribution is 2.34. The van der Waals surface area contributed by atoms with E-state index in [2.05, 4.69) is 0 Å². The van der Waals surface area contributed by atoms with Crippen LogP contribution in [0.25, 0.3) is 6.08 Å². The molecule has 2 aliphatic heterocycles. The number of ether oxygens (including phenoxy) is 3. The van der Waals surface area contributed by atoms with Gasteiger partial charge in [-0.05, 0) is 35.4 Å². The van der Waals surface area contributed by atoms with E-state index in [1.807, 2.05) is 30.3 Å². The van der Waals surface area contributed by atoms with Crippen LogP contribution < -0.4 is 9.47 Å². The summed E-state index contributed by atoms with van der Waals surface area (Å²) in [4.78, 5) is 38.3. The average molecular weight is 393 g/mol. The molecule has 0 spiro atoms. The minimum atomic E-state index is -0.555. The summed E-state index contributed by atoms with van der Waals surface area (Å²) in [6, 6.07) is 11.9. The maximum atomic E-state index is 12.4. The topological polar surface area (TPSA) is 82.1 Å². The first-order valence-corrected chi connectivity index (χ1v) is 9.17. The Bertz CT molecular complexity index is 1010. The Morgan fingerprint density at radius 2 is 1.90 bits per heavy atom. The van der Waals surface area contributed by atoms with Crippen molar-refractivity contribution >= 4 is 23.7 Å². The van der Waals surface area contributed by atoms with Gasteiger partial charge in [0.1, 0.15) is 0 Å². The number of hydrogen-bond acceptors (Lipinski definition) is 6. The molecule has 0 bridgehead atoms. The van der Waals surface area contributed by atoms with Crippen molar-refractivity contribution in [1.82, 2.24) is 4.90 Å². The molecule has 0 saturated heterocycles. The lowest BCUT2D eigenvalue weighted by molar-refractivity contribution is -0.144. The van der Waals surface area contributed by atoms with Crippen molar-refractivity contribution in [3.8, 4) is 11.5 Å². The summed E-state index contributed by atoms with van der Waals surface area (Å²) in [5.41, 5.74) is 2.18. The Kier molecular flexibility index (Phi) is 5.03. The number of hydrogen-bond donors (Lipinski definition) is 0. The van der Waals surface area contributed by atoms with Crippen molar-refractivity contribution in [2.75, 3.05) is 13.4 Å². The Balaban J connectivity index is 1.41. The van der Waals surface area contributed by atoms with Gasteiger partial charge in [-0.1, -0.05) is 24.3 Å². The van der Waals surface area contributed by atoms with Crippen LogP contribution >= 0.6 is 0 Å². The number of nitrogens with zero attached hydrogens (tertiary/aromatic N) is 1. The van der Waals surface area contributed by atoms with Gasteiger partial charge in [-0.25, -0.2) is 0 Å². The number of rotatable bonds is 5. The first-order chi connectivity index (χ1) is 14.0. The highest BCUT2D eigenvalue weighted by molar-refractivity contribution is 5.98. The van der Waals surface area contributed by atoms with Gasteiger partial charge in [0, 0.05) is 18.7 Å². The molecule has 0 aromatic heterocycles. The van der Waals surface area contributed by atoms with E-state index in [1.54, 1.807) is 24.4 Å². The lowest BCUT2D eigenvalue weighted by Gasteiger charge is -2.32. The molecule has 29 heavy (non-hydrogen) atoms. The zero-order chi connectivity index (χ0) is 20.4. The molecule has 2 heterocycles. The highest BCUT2D eigenvalue weighted by Gasteiger charge is 2.29.